The van der Waals surface area contributed by atoms with Crippen LogP contribution in [0.3, 0.4) is 0 Å². The monoisotopic (exact) mass is 307 g/mol. The Labute approximate surface area is 120 Å². The molecule has 0 bridgehead atoms. The third-order valence-corrected chi connectivity index (χ3v) is 3.93. The maximum Gasteiger partial charge on any atom is 0.238 e. The molecule has 1 aromatic heterocycles. The van der Waals surface area contributed by atoms with Crippen molar-refractivity contribution in [3.8, 4) is 11.4 Å². The number of benzene rings is 1. The van der Waals surface area contributed by atoms with E-state index in [-0.39, 0.29) is 4.90 Å². The van der Waals surface area contributed by atoms with E-state index in [1.54, 1.807) is 30.6 Å². The highest BCUT2D eigenvalue weighted by Crippen LogP contribution is 2.30. The molecule has 0 amide bonds. The lowest BCUT2D eigenvalue weighted by atomic mass is 10.0. The van der Waals surface area contributed by atoms with Gasteiger partial charge in [0.1, 0.15) is 6.17 Å². The second-order valence-corrected chi connectivity index (χ2v) is 5.84. The van der Waals surface area contributed by atoms with Gasteiger partial charge in [0.2, 0.25) is 10.0 Å². The standard InChI is InChI=1S/C11H13N7O2S/c12-21(19,20)8-4-1-3-7(10-13-5-2-6-14-10)9(8)11-15-17-18-16-11/h1-6,11,15-18H,(H2,12,19,20). The number of primary sulfonamides is 1. The molecule has 6 N–H and O–H groups in total. The molecule has 2 heterocycles. The minimum absolute atomic E-state index is 0.00273. The van der Waals surface area contributed by atoms with Crippen molar-refractivity contribution in [2.45, 2.75) is 11.1 Å². The van der Waals surface area contributed by atoms with E-state index in [9.17, 15) is 8.42 Å². The molecule has 1 aliphatic heterocycles. The molecule has 1 fully saturated rings. The summed E-state index contributed by atoms with van der Waals surface area (Å²) in [5.41, 5.74) is 12.0. The molecule has 3 rings (SSSR count). The van der Waals surface area contributed by atoms with Crippen molar-refractivity contribution in [3.63, 3.8) is 0 Å². The summed E-state index contributed by atoms with van der Waals surface area (Å²) in [6.07, 6.45) is 2.65. The summed E-state index contributed by atoms with van der Waals surface area (Å²) in [6.45, 7) is 0. The van der Waals surface area contributed by atoms with E-state index in [0.717, 1.165) is 0 Å². The van der Waals surface area contributed by atoms with Crippen LogP contribution in [0.2, 0.25) is 0 Å². The summed E-state index contributed by atoms with van der Waals surface area (Å²) in [4.78, 5) is 8.32. The lowest BCUT2D eigenvalue weighted by molar-refractivity contribution is 0.540. The number of nitrogens with one attached hydrogen (secondary N) is 4. The van der Waals surface area contributed by atoms with Crippen LogP contribution in [0, 0.1) is 0 Å². The summed E-state index contributed by atoms with van der Waals surface area (Å²) in [7, 11) is -3.89. The predicted octanol–water partition coefficient (Wildman–Crippen LogP) is -1.09. The zero-order chi connectivity index (χ0) is 14.9. The number of nitrogens with zero attached hydrogens (tertiary/aromatic N) is 2. The van der Waals surface area contributed by atoms with Crippen molar-refractivity contribution < 1.29 is 8.42 Å². The Hall–Kier alpha value is -1.95. The second kappa shape index (κ2) is 5.44. The fourth-order valence-corrected chi connectivity index (χ4v) is 2.92. The molecule has 0 saturated carbocycles. The van der Waals surface area contributed by atoms with Crippen molar-refractivity contribution >= 4 is 10.0 Å². The van der Waals surface area contributed by atoms with Gasteiger partial charge in [-0.1, -0.05) is 12.1 Å². The lowest BCUT2D eigenvalue weighted by Crippen LogP contribution is -2.33. The molecule has 110 valence electrons. The Morgan fingerprint density at radius 1 is 1.05 bits per heavy atom. The summed E-state index contributed by atoms with van der Waals surface area (Å²) in [5.74, 6) is 0.411. The molecule has 0 atom stereocenters. The van der Waals surface area contributed by atoms with Gasteiger partial charge in [-0.2, -0.15) is 11.1 Å². The van der Waals surface area contributed by atoms with Gasteiger partial charge >= 0.3 is 0 Å². The van der Waals surface area contributed by atoms with E-state index in [0.29, 0.717) is 17.0 Å². The molecule has 0 unspecified atom stereocenters. The van der Waals surface area contributed by atoms with Crippen LogP contribution in [0.15, 0.2) is 41.6 Å². The fourth-order valence-electron chi connectivity index (χ4n) is 2.12. The Balaban J connectivity index is 2.25. The topological polar surface area (TPSA) is 134 Å². The molecule has 21 heavy (non-hydrogen) atoms. The van der Waals surface area contributed by atoms with Gasteiger partial charge in [0, 0.05) is 23.5 Å². The third-order valence-electron chi connectivity index (χ3n) is 2.96. The summed E-state index contributed by atoms with van der Waals surface area (Å²) in [5, 5.41) is 5.31. The molecule has 9 nitrogen and oxygen atoms in total. The van der Waals surface area contributed by atoms with Crippen LogP contribution >= 0.6 is 0 Å². The maximum atomic E-state index is 11.8. The van der Waals surface area contributed by atoms with Crippen molar-refractivity contribution in [3.05, 3.63) is 42.2 Å². The zero-order valence-corrected chi connectivity index (χ0v) is 11.6. The molecule has 1 saturated heterocycles. The zero-order valence-electron chi connectivity index (χ0n) is 10.7. The minimum atomic E-state index is -3.89. The van der Waals surface area contributed by atoms with Crippen LogP contribution in [0.5, 0.6) is 0 Å². The van der Waals surface area contributed by atoms with Crippen LogP contribution in [0.4, 0.5) is 0 Å². The number of sulfonamides is 1. The molecular formula is C11H13N7O2S. The minimum Gasteiger partial charge on any atom is -0.237 e. The van der Waals surface area contributed by atoms with Crippen LogP contribution in [0.1, 0.15) is 11.7 Å². The van der Waals surface area contributed by atoms with E-state index in [4.69, 9.17) is 5.14 Å². The number of nitrogens with two attached hydrogens (primary N) is 1. The first-order valence-corrected chi connectivity index (χ1v) is 7.56. The van der Waals surface area contributed by atoms with Crippen LogP contribution < -0.4 is 27.1 Å². The van der Waals surface area contributed by atoms with Crippen molar-refractivity contribution in [1.29, 1.82) is 0 Å². The second-order valence-electron chi connectivity index (χ2n) is 4.31. The Morgan fingerprint density at radius 3 is 2.33 bits per heavy atom. The Morgan fingerprint density at radius 2 is 1.71 bits per heavy atom. The molecule has 0 spiro atoms. The van der Waals surface area contributed by atoms with Crippen LogP contribution in [-0.4, -0.2) is 18.4 Å². The van der Waals surface area contributed by atoms with Gasteiger partial charge in [-0.05, 0) is 12.1 Å². The van der Waals surface area contributed by atoms with E-state index >= 15 is 0 Å². The number of rotatable bonds is 3. The van der Waals surface area contributed by atoms with Crippen molar-refractivity contribution in [2.75, 3.05) is 0 Å². The van der Waals surface area contributed by atoms with Gasteiger partial charge in [-0.25, -0.2) is 34.4 Å². The summed E-state index contributed by atoms with van der Waals surface area (Å²) < 4.78 is 23.7. The SMILES string of the molecule is NS(=O)(=O)c1cccc(-c2ncccn2)c1C1NNNN1. The first-order valence-electron chi connectivity index (χ1n) is 6.01. The van der Waals surface area contributed by atoms with Gasteiger partial charge in [0.05, 0.1) is 4.90 Å². The van der Waals surface area contributed by atoms with E-state index < -0.39 is 16.2 Å². The fraction of sp³-hybridized carbons (Fsp3) is 0.0909. The first kappa shape index (κ1) is 14.0. The number of hydrogen-bond donors (Lipinski definition) is 5. The third kappa shape index (κ3) is 2.76. The van der Waals surface area contributed by atoms with Crippen LogP contribution in [-0.2, 0) is 10.0 Å². The highest BCUT2D eigenvalue weighted by Gasteiger charge is 2.27. The molecule has 10 heteroatoms. The molecule has 2 aromatic rings. The Bertz CT molecular complexity index is 744. The molecule has 0 aliphatic carbocycles. The molecular weight excluding hydrogens is 294 g/mol. The van der Waals surface area contributed by atoms with E-state index in [2.05, 4.69) is 31.9 Å². The number of hydrazine groups is 3. The largest absolute Gasteiger partial charge is 0.238 e. The number of hydrogen-bond acceptors (Lipinski definition) is 8. The van der Waals surface area contributed by atoms with Crippen molar-refractivity contribution in [1.82, 2.24) is 31.9 Å². The van der Waals surface area contributed by atoms with Gasteiger partial charge < -0.3 is 0 Å². The van der Waals surface area contributed by atoms with E-state index in [1.807, 2.05) is 0 Å². The molecule has 0 radical (unpaired) electrons. The summed E-state index contributed by atoms with van der Waals surface area (Å²) in [6, 6.07) is 6.46. The number of aromatic nitrogens is 2. The van der Waals surface area contributed by atoms with Crippen LogP contribution in [0.25, 0.3) is 11.4 Å². The van der Waals surface area contributed by atoms with Gasteiger partial charge in [-0.15, -0.1) is 0 Å². The lowest BCUT2D eigenvalue weighted by Gasteiger charge is -2.17. The average molecular weight is 307 g/mol. The maximum absolute atomic E-state index is 11.8. The highest BCUT2D eigenvalue weighted by atomic mass is 32.2. The quantitative estimate of drug-likeness (QED) is 0.483. The molecule has 1 aliphatic rings. The van der Waals surface area contributed by atoms with Gasteiger partial charge in [0.15, 0.2) is 5.82 Å². The normalized spacial score (nSPS) is 16.2. The summed E-state index contributed by atoms with van der Waals surface area (Å²) >= 11 is 0. The smallest absolute Gasteiger partial charge is 0.237 e. The predicted molar refractivity (Wildman–Crippen MR) is 74.1 cm³/mol. The Kier molecular flexibility index (Phi) is 3.63. The van der Waals surface area contributed by atoms with Gasteiger partial charge in [0.25, 0.3) is 0 Å². The average Bonchev–Trinajstić information content (AvgIpc) is 3.00. The van der Waals surface area contributed by atoms with Crippen molar-refractivity contribution in [2.24, 2.45) is 5.14 Å². The first-order chi connectivity index (χ1) is 10.1. The van der Waals surface area contributed by atoms with Gasteiger partial charge in [-0.3, -0.25) is 0 Å². The highest BCUT2D eigenvalue weighted by molar-refractivity contribution is 7.89. The van der Waals surface area contributed by atoms with E-state index in [1.165, 1.54) is 6.07 Å². The molecule has 1 aromatic carbocycles.